The summed E-state index contributed by atoms with van der Waals surface area (Å²) in [5.74, 6) is 0.708. The molecule has 0 saturated carbocycles. The van der Waals surface area contributed by atoms with Crippen LogP contribution in [0, 0.1) is 5.92 Å². The molecule has 3 atom stereocenters. The highest BCUT2D eigenvalue weighted by molar-refractivity contribution is 9.10. The number of halogens is 1. The van der Waals surface area contributed by atoms with Gasteiger partial charge < -0.3 is 10.0 Å². The lowest BCUT2D eigenvalue weighted by atomic mass is 9.90. The third-order valence-electron chi connectivity index (χ3n) is 4.13. The maximum absolute atomic E-state index is 9.94. The van der Waals surface area contributed by atoms with Crippen LogP contribution >= 0.6 is 15.9 Å². The number of aliphatic hydroxyl groups is 1. The molecule has 1 aromatic rings. The van der Waals surface area contributed by atoms with Gasteiger partial charge >= 0.3 is 0 Å². The number of aliphatic hydroxyl groups excluding tert-OH is 1. The fourth-order valence-electron chi connectivity index (χ4n) is 2.79. The quantitative estimate of drug-likeness (QED) is 0.887. The van der Waals surface area contributed by atoms with Crippen molar-refractivity contribution in [3.63, 3.8) is 0 Å². The smallest absolute Gasteiger partial charge is 0.0782 e. The van der Waals surface area contributed by atoms with Gasteiger partial charge in [-0.25, -0.2) is 0 Å². The summed E-state index contributed by atoms with van der Waals surface area (Å²) in [5.41, 5.74) is 2.21. The first kappa shape index (κ1) is 13.9. The Bertz CT molecular complexity index is 419. The monoisotopic (exact) mass is 311 g/mol. The van der Waals surface area contributed by atoms with Gasteiger partial charge in [-0.1, -0.05) is 28.9 Å². The van der Waals surface area contributed by atoms with E-state index in [1.807, 2.05) is 19.1 Å². The molecule has 1 N–H and O–H groups in total. The van der Waals surface area contributed by atoms with Crippen LogP contribution in [0.2, 0.25) is 0 Å². The van der Waals surface area contributed by atoms with E-state index in [9.17, 15) is 5.11 Å². The summed E-state index contributed by atoms with van der Waals surface area (Å²) in [6, 6.07) is 6.70. The van der Waals surface area contributed by atoms with E-state index < -0.39 is 6.10 Å². The molecular weight excluding hydrogens is 290 g/mol. The predicted molar refractivity (Wildman–Crippen MR) is 80.0 cm³/mol. The number of anilines is 1. The van der Waals surface area contributed by atoms with Crippen molar-refractivity contribution in [2.24, 2.45) is 5.92 Å². The van der Waals surface area contributed by atoms with Crippen molar-refractivity contribution >= 4 is 21.6 Å². The first-order chi connectivity index (χ1) is 8.50. The van der Waals surface area contributed by atoms with E-state index in [0.29, 0.717) is 12.0 Å². The standard InChI is InChI=1S/C15H22BrNO/c1-10-5-4-8-17(11(10)2)15-9-13(16)6-7-14(15)12(3)18/h6-7,9-12,18H,4-5,8H2,1-3H3. The third-order valence-corrected chi connectivity index (χ3v) is 4.62. The Balaban J connectivity index is 2.39. The molecule has 1 aromatic carbocycles. The molecule has 1 aliphatic heterocycles. The van der Waals surface area contributed by atoms with E-state index in [-0.39, 0.29) is 0 Å². The molecule has 0 radical (unpaired) electrons. The Morgan fingerprint density at radius 2 is 2.11 bits per heavy atom. The number of hydrogen-bond acceptors (Lipinski definition) is 2. The van der Waals surface area contributed by atoms with Crippen molar-refractivity contribution in [1.82, 2.24) is 0 Å². The Morgan fingerprint density at radius 3 is 2.78 bits per heavy atom. The Hall–Kier alpha value is -0.540. The minimum atomic E-state index is -0.419. The highest BCUT2D eigenvalue weighted by Crippen LogP contribution is 2.35. The van der Waals surface area contributed by atoms with E-state index in [1.165, 1.54) is 18.5 Å². The number of rotatable bonds is 2. The molecule has 3 heteroatoms. The first-order valence-corrected chi connectivity index (χ1v) is 7.54. The Kier molecular flexibility index (Phi) is 4.33. The number of piperidine rings is 1. The van der Waals surface area contributed by atoms with E-state index in [0.717, 1.165) is 16.6 Å². The molecule has 1 saturated heterocycles. The summed E-state index contributed by atoms with van der Waals surface area (Å²) < 4.78 is 1.08. The molecule has 18 heavy (non-hydrogen) atoms. The van der Waals surface area contributed by atoms with E-state index in [4.69, 9.17) is 0 Å². The molecule has 3 unspecified atom stereocenters. The average molecular weight is 312 g/mol. The molecule has 2 rings (SSSR count). The van der Waals surface area contributed by atoms with Crippen LogP contribution in [-0.4, -0.2) is 17.7 Å². The second kappa shape index (κ2) is 5.62. The van der Waals surface area contributed by atoms with Crippen LogP contribution in [0.5, 0.6) is 0 Å². The Morgan fingerprint density at radius 1 is 1.39 bits per heavy atom. The van der Waals surface area contributed by atoms with Crippen LogP contribution in [0.1, 0.15) is 45.3 Å². The van der Waals surface area contributed by atoms with Gasteiger partial charge in [-0.3, -0.25) is 0 Å². The van der Waals surface area contributed by atoms with Crippen LogP contribution in [0.4, 0.5) is 5.69 Å². The van der Waals surface area contributed by atoms with Gasteiger partial charge in [-0.2, -0.15) is 0 Å². The first-order valence-electron chi connectivity index (χ1n) is 6.75. The highest BCUT2D eigenvalue weighted by Gasteiger charge is 2.27. The van der Waals surface area contributed by atoms with E-state index in [1.54, 1.807) is 0 Å². The lowest BCUT2D eigenvalue weighted by molar-refractivity contribution is 0.199. The van der Waals surface area contributed by atoms with Gasteiger partial charge in [0.1, 0.15) is 0 Å². The lowest BCUT2D eigenvalue weighted by Crippen LogP contribution is -2.43. The van der Waals surface area contributed by atoms with Crippen LogP contribution < -0.4 is 4.90 Å². The maximum Gasteiger partial charge on any atom is 0.0782 e. The molecule has 1 heterocycles. The van der Waals surface area contributed by atoms with Gasteiger partial charge in [0.2, 0.25) is 0 Å². The largest absolute Gasteiger partial charge is 0.389 e. The molecule has 1 fully saturated rings. The topological polar surface area (TPSA) is 23.5 Å². The van der Waals surface area contributed by atoms with Crippen LogP contribution in [-0.2, 0) is 0 Å². The molecule has 0 spiro atoms. The number of nitrogens with zero attached hydrogens (tertiary/aromatic N) is 1. The number of hydrogen-bond donors (Lipinski definition) is 1. The minimum Gasteiger partial charge on any atom is -0.389 e. The molecule has 0 aliphatic carbocycles. The summed E-state index contributed by atoms with van der Waals surface area (Å²) in [7, 11) is 0. The summed E-state index contributed by atoms with van der Waals surface area (Å²) in [5, 5.41) is 9.94. The molecule has 2 nitrogen and oxygen atoms in total. The average Bonchev–Trinajstić information content (AvgIpc) is 2.32. The van der Waals surface area contributed by atoms with Crippen molar-refractivity contribution in [2.75, 3.05) is 11.4 Å². The molecule has 0 bridgehead atoms. The lowest BCUT2D eigenvalue weighted by Gasteiger charge is -2.41. The van der Waals surface area contributed by atoms with Crippen molar-refractivity contribution in [3.8, 4) is 0 Å². The summed E-state index contributed by atoms with van der Waals surface area (Å²) in [6.45, 7) is 7.53. The van der Waals surface area contributed by atoms with Crippen molar-refractivity contribution < 1.29 is 5.11 Å². The van der Waals surface area contributed by atoms with Gasteiger partial charge in [0.05, 0.1) is 6.10 Å². The van der Waals surface area contributed by atoms with Crippen LogP contribution in [0.3, 0.4) is 0 Å². The van der Waals surface area contributed by atoms with Gasteiger partial charge in [-0.15, -0.1) is 0 Å². The summed E-state index contributed by atoms with van der Waals surface area (Å²) in [4.78, 5) is 2.45. The highest BCUT2D eigenvalue weighted by atomic mass is 79.9. The fourth-order valence-corrected chi connectivity index (χ4v) is 3.14. The molecular formula is C15H22BrNO. The summed E-state index contributed by atoms with van der Waals surface area (Å²) >= 11 is 3.54. The number of benzene rings is 1. The molecule has 1 aliphatic rings. The van der Waals surface area contributed by atoms with Crippen LogP contribution in [0.15, 0.2) is 22.7 Å². The molecule has 100 valence electrons. The minimum absolute atomic E-state index is 0.419. The zero-order valence-corrected chi connectivity index (χ0v) is 12.9. The van der Waals surface area contributed by atoms with Gasteiger partial charge in [-0.05, 0) is 44.7 Å². The van der Waals surface area contributed by atoms with Crippen molar-refractivity contribution in [1.29, 1.82) is 0 Å². The normalized spacial score (nSPS) is 26.2. The second-order valence-corrected chi connectivity index (χ2v) is 6.35. The maximum atomic E-state index is 9.94. The summed E-state index contributed by atoms with van der Waals surface area (Å²) in [6.07, 6.45) is 2.12. The van der Waals surface area contributed by atoms with Crippen LogP contribution in [0.25, 0.3) is 0 Å². The fraction of sp³-hybridized carbons (Fsp3) is 0.600. The van der Waals surface area contributed by atoms with E-state index >= 15 is 0 Å². The second-order valence-electron chi connectivity index (χ2n) is 5.43. The van der Waals surface area contributed by atoms with Gasteiger partial charge in [0.25, 0.3) is 0 Å². The third kappa shape index (κ3) is 2.72. The molecule has 0 amide bonds. The van der Waals surface area contributed by atoms with Gasteiger partial charge in [0, 0.05) is 28.3 Å². The van der Waals surface area contributed by atoms with Crippen molar-refractivity contribution in [3.05, 3.63) is 28.2 Å². The predicted octanol–water partition coefficient (Wildman–Crippen LogP) is 4.13. The van der Waals surface area contributed by atoms with E-state index in [2.05, 4.69) is 40.7 Å². The molecule has 0 aromatic heterocycles. The Labute approximate surface area is 118 Å². The van der Waals surface area contributed by atoms with Gasteiger partial charge in [0.15, 0.2) is 0 Å². The van der Waals surface area contributed by atoms with Crippen molar-refractivity contribution in [2.45, 2.75) is 45.8 Å². The zero-order chi connectivity index (χ0) is 13.3. The zero-order valence-electron chi connectivity index (χ0n) is 11.4. The SMILES string of the molecule is CC(O)c1ccc(Br)cc1N1CCCC(C)C1C.